The number of benzene rings is 2. The van der Waals surface area contributed by atoms with Crippen molar-refractivity contribution in [3.63, 3.8) is 0 Å². The topological polar surface area (TPSA) is 41.1 Å². The Bertz CT molecular complexity index is 1220. The van der Waals surface area contributed by atoms with Crippen LogP contribution in [0.25, 0.3) is 10.9 Å². The molecule has 0 saturated heterocycles. The molecule has 150 valence electrons. The Labute approximate surface area is 173 Å². The first-order valence-electron chi connectivity index (χ1n) is 9.90. The van der Waals surface area contributed by atoms with Gasteiger partial charge < -0.3 is 5.32 Å². The Morgan fingerprint density at radius 2 is 1.87 bits per heavy atom. The van der Waals surface area contributed by atoms with Gasteiger partial charge in [0.2, 0.25) is 0 Å². The van der Waals surface area contributed by atoms with Crippen LogP contribution in [-0.2, 0) is 19.5 Å². The highest BCUT2D eigenvalue weighted by Crippen LogP contribution is 2.28. The maximum atomic E-state index is 13.5. The molecule has 0 fully saturated rings. The van der Waals surface area contributed by atoms with Crippen LogP contribution in [0.2, 0.25) is 0 Å². The van der Waals surface area contributed by atoms with Crippen LogP contribution >= 0.6 is 0 Å². The predicted octanol–water partition coefficient (Wildman–Crippen LogP) is 5.21. The molecule has 1 aliphatic rings. The molecule has 0 atom stereocenters. The molecule has 0 unspecified atom stereocenters. The van der Waals surface area contributed by atoms with Crippen LogP contribution in [0, 0.1) is 11.6 Å². The first-order valence-corrected chi connectivity index (χ1v) is 9.90. The number of anilines is 2. The molecule has 0 saturated carbocycles. The molecule has 2 aromatic carbocycles. The van der Waals surface area contributed by atoms with E-state index < -0.39 is 11.6 Å². The first kappa shape index (κ1) is 18.6. The molecular weight excluding hydrogens is 382 g/mol. The number of nitrogens with one attached hydrogen (secondary N) is 1. The standard InChI is InChI=1S/C24H20F2N4/c25-21-6-5-16(11-22(21)26)14-30-10-8-20-18(15-30)7-9-27-24(20)29-19-12-17-3-1-2-4-23(17)28-13-19/h1-7,9,11-13H,8,10,14-15H2,(H,27,29). The SMILES string of the molecule is Fc1ccc(CN2CCc3c(ccnc3Nc3cnc4ccccc4c3)C2)cc1F. The number of para-hydroxylation sites is 1. The second-order valence-corrected chi connectivity index (χ2v) is 7.55. The number of halogens is 2. The van der Waals surface area contributed by atoms with Crippen molar-refractivity contribution in [2.75, 3.05) is 11.9 Å². The number of pyridine rings is 2. The van der Waals surface area contributed by atoms with Gasteiger partial charge >= 0.3 is 0 Å². The number of hydrogen-bond donors (Lipinski definition) is 1. The van der Waals surface area contributed by atoms with Gasteiger partial charge in [-0.1, -0.05) is 24.3 Å². The predicted molar refractivity (Wildman–Crippen MR) is 113 cm³/mol. The highest BCUT2D eigenvalue weighted by atomic mass is 19.2. The molecule has 0 amide bonds. The Morgan fingerprint density at radius 3 is 2.77 bits per heavy atom. The highest BCUT2D eigenvalue weighted by Gasteiger charge is 2.20. The van der Waals surface area contributed by atoms with Crippen molar-refractivity contribution in [3.8, 4) is 0 Å². The lowest BCUT2D eigenvalue weighted by Gasteiger charge is -2.29. The van der Waals surface area contributed by atoms with Gasteiger partial charge in [0, 0.05) is 36.8 Å². The summed E-state index contributed by atoms with van der Waals surface area (Å²) in [4.78, 5) is 11.3. The Balaban J connectivity index is 1.35. The minimum Gasteiger partial charge on any atom is -0.339 e. The normalized spacial score (nSPS) is 13.9. The summed E-state index contributed by atoms with van der Waals surface area (Å²) >= 11 is 0. The summed E-state index contributed by atoms with van der Waals surface area (Å²) in [5.41, 5.74) is 5.01. The Hall–Kier alpha value is -3.38. The third kappa shape index (κ3) is 3.74. The van der Waals surface area contributed by atoms with E-state index in [0.717, 1.165) is 47.5 Å². The van der Waals surface area contributed by atoms with Crippen LogP contribution in [-0.4, -0.2) is 21.4 Å². The van der Waals surface area contributed by atoms with Crippen molar-refractivity contribution in [1.82, 2.24) is 14.9 Å². The van der Waals surface area contributed by atoms with E-state index in [4.69, 9.17) is 0 Å². The summed E-state index contributed by atoms with van der Waals surface area (Å²) in [7, 11) is 0. The lowest BCUT2D eigenvalue weighted by atomic mass is 10.00. The molecule has 5 rings (SSSR count). The van der Waals surface area contributed by atoms with Gasteiger partial charge in [-0.3, -0.25) is 9.88 Å². The molecule has 1 aliphatic heterocycles. The maximum absolute atomic E-state index is 13.5. The van der Waals surface area contributed by atoms with Crippen LogP contribution in [0.1, 0.15) is 16.7 Å². The molecule has 0 spiro atoms. The van der Waals surface area contributed by atoms with Crippen molar-refractivity contribution >= 4 is 22.4 Å². The second-order valence-electron chi connectivity index (χ2n) is 7.55. The molecule has 0 bridgehead atoms. The van der Waals surface area contributed by atoms with Gasteiger partial charge in [0.1, 0.15) is 5.82 Å². The maximum Gasteiger partial charge on any atom is 0.159 e. The number of rotatable bonds is 4. The molecule has 30 heavy (non-hydrogen) atoms. The minimum absolute atomic E-state index is 0.580. The van der Waals surface area contributed by atoms with Gasteiger partial charge in [-0.25, -0.2) is 13.8 Å². The zero-order chi connectivity index (χ0) is 20.5. The molecule has 4 nitrogen and oxygen atoms in total. The van der Waals surface area contributed by atoms with Crippen LogP contribution in [0.5, 0.6) is 0 Å². The van der Waals surface area contributed by atoms with Crippen LogP contribution in [0.15, 0.2) is 67.0 Å². The van der Waals surface area contributed by atoms with Crippen molar-refractivity contribution in [3.05, 3.63) is 95.3 Å². The summed E-state index contributed by atoms with van der Waals surface area (Å²) in [5.74, 6) is -0.769. The van der Waals surface area contributed by atoms with Gasteiger partial charge in [0.15, 0.2) is 11.6 Å². The molecule has 0 radical (unpaired) electrons. The minimum atomic E-state index is -0.812. The smallest absolute Gasteiger partial charge is 0.159 e. The van der Waals surface area contributed by atoms with Crippen LogP contribution < -0.4 is 5.32 Å². The summed E-state index contributed by atoms with van der Waals surface area (Å²) < 4.78 is 26.7. The van der Waals surface area contributed by atoms with Crippen LogP contribution in [0.3, 0.4) is 0 Å². The van der Waals surface area contributed by atoms with E-state index in [0.29, 0.717) is 6.54 Å². The van der Waals surface area contributed by atoms with E-state index in [9.17, 15) is 8.78 Å². The number of fused-ring (bicyclic) bond motifs is 2. The fourth-order valence-electron chi connectivity index (χ4n) is 3.96. The van der Waals surface area contributed by atoms with Gasteiger partial charge in [-0.15, -0.1) is 0 Å². The van der Waals surface area contributed by atoms with Gasteiger partial charge in [-0.05, 0) is 47.9 Å². The quantitative estimate of drug-likeness (QED) is 0.509. The van der Waals surface area contributed by atoms with Crippen LogP contribution in [0.4, 0.5) is 20.3 Å². The fraction of sp³-hybridized carbons (Fsp3) is 0.167. The highest BCUT2D eigenvalue weighted by molar-refractivity contribution is 5.82. The van der Waals surface area contributed by atoms with Crippen molar-refractivity contribution in [1.29, 1.82) is 0 Å². The summed E-state index contributed by atoms with van der Waals surface area (Å²) in [5, 5.41) is 4.49. The Morgan fingerprint density at radius 1 is 0.967 bits per heavy atom. The van der Waals surface area contributed by atoms with Gasteiger partial charge in [-0.2, -0.15) is 0 Å². The first-order chi connectivity index (χ1) is 14.7. The Kier molecular flexibility index (Phi) is 4.85. The van der Waals surface area contributed by atoms with Gasteiger partial charge in [0.05, 0.1) is 17.4 Å². The summed E-state index contributed by atoms with van der Waals surface area (Å²) in [6, 6.07) is 16.2. The van der Waals surface area contributed by atoms with Crippen molar-refractivity contribution < 1.29 is 8.78 Å². The third-order valence-electron chi connectivity index (χ3n) is 5.47. The molecule has 1 N–H and O–H groups in total. The third-order valence-corrected chi connectivity index (χ3v) is 5.47. The number of aromatic nitrogens is 2. The fourth-order valence-corrected chi connectivity index (χ4v) is 3.96. The van der Waals surface area contributed by atoms with Crippen molar-refractivity contribution in [2.24, 2.45) is 0 Å². The van der Waals surface area contributed by atoms with E-state index in [1.165, 1.54) is 23.3 Å². The lowest BCUT2D eigenvalue weighted by Crippen LogP contribution is -2.30. The zero-order valence-corrected chi connectivity index (χ0v) is 16.3. The molecule has 0 aliphatic carbocycles. The lowest BCUT2D eigenvalue weighted by molar-refractivity contribution is 0.245. The van der Waals surface area contributed by atoms with Gasteiger partial charge in [0.25, 0.3) is 0 Å². The molecular formula is C24H20F2N4. The van der Waals surface area contributed by atoms with E-state index in [1.54, 1.807) is 12.3 Å². The second kappa shape index (κ2) is 7.80. The average Bonchev–Trinajstić information content (AvgIpc) is 2.76. The average molecular weight is 402 g/mol. The van der Waals surface area contributed by atoms with E-state index in [-0.39, 0.29) is 0 Å². The van der Waals surface area contributed by atoms with E-state index >= 15 is 0 Å². The largest absolute Gasteiger partial charge is 0.339 e. The molecule has 6 heteroatoms. The van der Waals surface area contributed by atoms with E-state index in [1.807, 2.05) is 36.5 Å². The zero-order valence-electron chi connectivity index (χ0n) is 16.3. The molecule has 2 aromatic heterocycles. The molecule has 4 aromatic rings. The molecule has 3 heterocycles. The summed E-state index contributed by atoms with van der Waals surface area (Å²) in [6.07, 6.45) is 4.45. The van der Waals surface area contributed by atoms with Crippen molar-refractivity contribution in [2.45, 2.75) is 19.5 Å². The van der Waals surface area contributed by atoms with E-state index in [2.05, 4.69) is 26.3 Å². The summed E-state index contributed by atoms with van der Waals surface area (Å²) in [6.45, 7) is 2.14. The number of nitrogens with zero attached hydrogens (tertiary/aromatic N) is 3. The number of hydrogen-bond acceptors (Lipinski definition) is 4. The monoisotopic (exact) mass is 402 g/mol.